The lowest BCUT2D eigenvalue weighted by molar-refractivity contribution is -0.150. The molecule has 0 amide bonds. The summed E-state index contributed by atoms with van der Waals surface area (Å²) in [6, 6.07) is 0. The second kappa shape index (κ2) is 4.21. The molecule has 0 aliphatic heterocycles. The van der Waals surface area contributed by atoms with E-state index in [1.807, 2.05) is 13.8 Å². The number of hydrogen-bond donors (Lipinski definition) is 1. The quantitative estimate of drug-likeness (QED) is 0.769. The molecule has 5 nitrogen and oxygen atoms in total. The van der Waals surface area contributed by atoms with Gasteiger partial charge >= 0.3 is 5.97 Å². The van der Waals surface area contributed by atoms with Crippen LogP contribution >= 0.6 is 0 Å². The van der Waals surface area contributed by atoms with E-state index in [1.165, 1.54) is 0 Å². The maximum Gasteiger partial charge on any atom is 0.311 e. The van der Waals surface area contributed by atoms with Gasteiger partial charge in [0.2, 0.25) is 0 Å². The first kappa shape index (κ1) is 10.7. The smallest absolute Gasteiger partial charge is 0.311 e. The second-order valence-electron chi connectivity index (χ2n) is 3.43. The van der Waals surface area contributed by atoms with Gasteiger partial charge in [-0.15, -0.1) is 10.2 Å². The van der Waals surface area contributed by atoms with Crippen molar-refractivity contribution in [2.75, 3.05) is 0 Å². The summed E-state index contributed by atoms with van der Waals surface area (Å²) in [6.45, 7) is 4.21. The second-order valence-corrected chi connectivity index (χ2v) is 3.43. The van der Waals surface area contributed by atoms with Gasteiger partial charge in [0.1, 0.15) is 12.7 Å². The van der Waals surface area contributed by atoms with E-state index in [1.54, 1.807) is 17.2 Å². The molecule has 1 heterocycles. The summed E-state index contributed by atoms with van der Waals surface area (Å²) in [6.07, 6.45) is 4.31. The van der Waals surface area contributed by atoms with Gasteiger partial charge in [0.15, 0.2) is 0 Å². The third-order valence-electron chi connectivity index (χ3n) is 2.76. The first-order chi connectivity index (χ1) is 6.64. The average molecular weight is 197 g/mol. The summed E-state index contributed by atoms with van der Waals surface area (Å²) in [5.41, 5.74) is -0.692. The number of carbonyl (C=O) groups is 1. The van der Waals surface area contributed by atoms with Crippen LogP contribution in [0.1, 0.15) is 26.7 Å². The summed E-state index contributed by atoms with van der Waals surface area (Å²) in [5.74, 6) is -0.754. The lowest BCUT2D eigenvalue weighted by Gasteiger charge is -2.26. The number of nitrogens with zero attached hydrogens (tertiary/aromatic N) is 3. The fraction of sp³-hybridized carbons (Fsp3) is 0.667. The van der Waals surface area contributed by atoms with E-state index in [4.69, 9.17) is 5.11 Å². The van der Waals surface area contributed by atoms with Crippen LogP contribution in [0.4, 0.5) is 0 Å². The number of hydrogen-bond acceptors (Lipinski definition) is 3. The highest BCUT2D eigenvalue weighted by atomic mass is 16.4. The highest BCUT2D eigenvalue weighted by Gasteiger charge is 2.35. The standard InChI is InChI=1S/C9H15N3O2/c1-3-9(4-2,8(13)14)5-12-6-10-11-7-12/h6-7H,3-5H2,1-2H3,(H,13,14). The van der Waals surface area contributed by atoms with Gasteiger partial charge in [-0.25, -0.2) is 0 Å². The molecule has 0 aliphatic carbocycles. The van der Waals surface area contributed by atoms with E-state index in [9.17, 15) is 4.79 Å². The zero-order valence-electron chi connectivity index (χ0n) is 8.47. The van der Waals surface area contributed by atoms with Crippen LogP contribution in [-0.2, 0) is 11.3 Å². The lowest BCUT2D eigenvalue weighted by Crippen LogP contribution is -2.34. The third-order valence-corrected chi connectivity index (χ3v) is 2.76. The van der Waals surface area contributed by atoms with Gasteiger partial charge < -0.3 is 9.67 Å². The number of rotatable bonds is 5. The van der Waals surface area contributed by atoms with Gasteiger partial charge in [-0.1, -0.05) is 13.8 Å². The molecule has 0 spiro atoms. The molecular formula is C9H15N3O2. The third kappa shape index (κ3) is 1.92. The maximum atomic E-state index is 11.2. The van der Waals surface area contributed by atoms with Crippen LogP contribution in [0.5, 0.6) is 0 Å². The fourth-order valence-corrected chi connectivity index (χ4v) is 1.50. The highest BCUT2D eigenvalue weighted by Crippen LogP contribution is 2.28. The van der Waals surface area contributed by atoms with Crippen LogP contribution in [-0.4, -0.2) is 25.8 Å². The molecule has 78 valence electrons. The number of carboxylic acids is 1. The van der Waals surface area contributed by atoms with Crippen LogP contribution in [0.25, 0.3) is 0 Å². The van der Waals surface area contributed by atoms with E-state index in [0.717, 1.165) is 0 Å². The molecule has 1 N–H and O–H groups in total. The van der Waals surface area contributed by atoms with E-state index in [2.05, 4.69) is 10.2 Å². The summed E-state index contributed by atoms with van der Waals surface area (Å²) in [5, 5.41) is 16.5. The van der Waals surface area contributed by atoms with E-state index in [0.29, 0.717) is 19.4 Å². The van der Waals surface area contributed by atoms with Crippen LogP contribution in [0.15, 0.2) is 12.7 Å². The Hall–Kier alpha value is -1.39. The topological polar surface area (TPSA) is 68.0 Å². The first-order valence-electron chi connectivity index (χ1n) is 4.70. The van der Waals surface area contributed by atoms with Crippen molar-refractivity contribution in [1.29, 1.82) is 0 Å². The zero-order valence-corrected chi connectivity index (χ0v) is 8.47. The largest absolute Gasteiger partial charge is 0.481 e. The molecule has 0 radical (unpaired) electrons. The molecule has 5 heteroatoms. The summed E-state index contributed by atoms with van der Waals surface area (Å²) in [7, 11) is 0. The normalized spacial score (nSPS) is 11.6. The summed E-state index contributed by atoms with van der Waals surface area (Å²) >= 11 is 0. The molecular weight excluding hydrogens is 182 g/mol. The maximum absolute atomic E-state index is 11.2. The van der Waals surface area contributed by atoms with Crippen molar-refractivity contribution >= 4 is 5.97 Å². The van der Waals surface area contributed by atoms with Gasteiger partial charge in [0.25, 0.3) is 0 Å². The molecule has 0 bridgehead atoms. The predicted molar refractivity (Wildman–Crippen MR) is 50.7 cm³/mol. The molecule has 0 saturated carbocycles. The predicted octanol–water partition coefficient (Wildman–Crippen LogP) is 1.17. The SMILES string of the molecule is CCC(CC)(Cn1cnnc1)C(=O)O. The lowest BCUT2D eigenvalue weighted by atomic mass is 9.82. The molecule has 0 aliphatic rings. The summed E-state index contributed by atoms with van der Waals surface area (Å²) in [4.78, 5) is 11.2. The monoisotopic (exact) mass is 197 g/mol. The van der Waals surface area contributed by atoms with Gasteiger partial charge in [0, 0.05) is 6.54 Å². The molecule has 1 aromatic rings. The first-order valence-corrected chi connectivity index (χ1v) is 4.70. The van der Waals surface area contributed by atoms with Crippen molar-refractivity contribution in [3.63, 3.8) is 0 Å². The van der Waals surface area contributed by atoms with Crippen molar-refractivity contribution in [3.8, 4) is 0 Å². The fourth-order valence-electron chi connectivity index (χ4n) is 1.50. The Labute approximate surface area is 82.8 Å². The molecule has 0 atom stereocenters. The Morgan fingerprint density at radius 3 is 2.21 bits per heavy atom. The van der Waals surface area contributed by atoms with Crippen molar-refractivity contribution in [1.82, 2.24) is 14.8 Å². The van der Waals surface area contributed by atoms with Gasteiger partial charge in [0.05, 0.1) is 5.41 Å². The van der Waals surface area contributed by atoms with Gasteiger partial charge in [-0.3, -0.25) is 4.79 Å². The van der Waals surface area contributed by atoms with E-state index >= 15 is 0 Å². The molecule has 14 heavy (non-hydrogen) atoms. The van der Waals surface area contributed by atoms with Crippen molar-refractivity contribution in [2.45, 2.75) is 33.2 Å². The minimum absolute atomic E-state index is 0.433. The van der Waals surface area contributed by atoms with E-state index < -0.39 is 11.4 Å². The highest BCUT2D eigenvalue weighted by molar-refractivity contribution is 5.74. The Morgan fingerprint density at radius 1 is 1.36 bits per heavy atom. The Balaban J connectivity index is 2.83. The van der Waals surface area contributed by atoms with Crippen molar-refractivity contribution in [2.24, 2.45) is 5.41 Å². The van der Waals surface area contributed by atoms with Crippen molar-refractivity contribution < 1.29 is 9.90 Å². The van der Waals surface area contributed by atoms with Crippen molar-refractivity contribution in [3.05, 3.63) is 12.7 Å². The Kier molecular flexibility index (Phi) is 3.22. The van der Waals surface area contributed by atoms with Gasteiger partial charge in [-0.05, 0) is 12.8 Å². The zero-order chi connectivity index (χ0) is 10.6. The minimum atomic E-state index is -0.754. The van der Waals surface area contributed by atoms with Crippen LogP contribution in [0.2, 0.25) is 0 Å². The Morgan fingerprint density at radius 2 is 1.86 bits per heavy atom. The molecule has 1 aromatic heterocycles. The van der Waals surface area contributed by atoms with Gasteiger partial charge in [-0.2, -0.15) is 0 Å². The molecule has 0 unspecified atom stereocenters. The molecule has 0 fully saturated rings. The molecule has 1 rings (SSSR count). The van der Waals surface area contributed by atoms with Crippen LogP contribution < -0.4 is 0 Å². The summed E-state index contributed by atoms with van der Waals surface area (Å²) < 4.78 is 1.71. The van der Waals surface area contributed by atoms with Crippen LogP contribution in [0.3, 0.4) is 0 Å². The number of carboxylic acid groups (broad SMARTS) is 1. The molecule has 0 aromatic carbocycles. The number of aliphatic carboxylic acids is 1. The Bertz CT molecular complexity index is 291. The average Bonchev–Trinajstić information content (AvgIpc) is 2.66. The molecule has 0 saturated heterocycles. The van der Waals surface area contributed by atoms with Crippen LogP contribution in [0, 0.1) is 5.41 Å². The number of aromatic nitrogens is 3. The minimum Gasteiger partial charge on any atom is -0.481 e. The van der Waals surface area contributed by atoms with E-state index in [-0.39, 0.29) is 0 Å².